The summed E-state index contributed by atoms with van der Waals surface area (Å²) in [5.74, 6) is 0.618. The van der Waals surface area contributed by atoms with Gasteiger partial charge in [0.2, 0.25) is 11.5 Å². The second kappa shape index (κ2) is 6.29. The maximum absolute atomic E-state index is 15.1. The molecule has 4 aromatic rings. The molecule has 0 radical (unpaired) electrons. The van der Waals surface area contributed by atoms with Crippen LogP contribution in [0.5, 0.6) is 0 Å². The topological polar surface area (TPSA) is 105 Å². The molecule has 9 nitrogen and oxygen atoms in total. The number of hydrogen-bond donors (Lipinski definition) is 0. The quantitative estimate of drug-likeness (QED) is 0.520. The first-order valence-electron chi connectivity index (χ1n) is 9.26. The molecule has 29 heavy (non-hydrogen) atoms. The summed E-state index contributed by atoms with van der Waals surface area (Å²) in [5, 5.41) is 11.6. The molecule has 3 aromatic heterocycles. The molecule has 0 spiro atoms. The monoisotopic (exact) mass is 395 g/mol. The van der Waals surface area contributed by atoms with E-state index in [1.165, 1.54) is 15.6 Å². The Balaban J connectivity index is 1.32. The number of halogens is 1. The highest BCUT2D eigenvalue weighted by Crippen LogP contribution is 2.53. The van der Waals surface area contributed by atoms with Crippen molar-refractivity contribution in [3.63, 3.8) is 0 Å². The summed E-state index contributed by atoms with van der Waals surface area (Å²) in [6, 6.07) is 7.49. The number of benzene rings is 1. The fraction of sp³-hybridized carbons (Fsp3) is 0.368. The second-order valence-corrected chi connectivity index (χ2v) is 7.55. The third kappa shape index (κ3) is 2.91. The fourth-order valence-electron chi connectivity index (χ4n) is 3.73. The van der Waals surface area contributed by atoms with E-state index in [0.717, 1.165) is 5.56 Å². The van der Waals surface area contributed by atoms with Crippen molar-refractivity contribution in [2.24, 2.45) is 7.05 Å². The van der Waals surface area contributed by atoms with Crippen LogP contribution < -0.4 is 5.56 Å². The third-order valence-electron chi connectivity index (χ3n) is 5.46. The highest BCUT2D eigenvalue weighted by Gasteiger charge is 2.48. The first kappa shape index (κ1) is 17.7. The highest BCUT2D eigenvalue weighted by atomic mass is 19.1. The van der Waals surface area contributed by atoms with Gasteiger partial charge >= 0.3 is 0 Å². The number of nitrogens with zero attached hydrogens (tertiary/aromatic N) is 7. The van der Waals surface area contributed by atoms with E-state index in [0.29, 0.717) is 29.7 Å². The van der Waals surface area contributed by atoms with Crippen molar-refractivity contribution in [2.75, 3.05) is 0 Å². The zero-order valence-corrected chi connectivity index (χ0v) is 15.9. The van der Waals surface area contributed by atoms with E-state index in [1.54, 1.807) is 7.05 Å². The molecule has 0 aliphatic heterocycles. The minimum Gasteiger partial charge on any atom is -0.337 e. The molecule has 1 aromatic carbocycles. The van der Waals surface area contributed by atoms with Crippen molar-refractivity contribution < 1.29 is 8.91 Å². The Morgan fingerprint density at radius 1 is 1.28 bits per heavy atom. The van der Waals surface area contributed by atoms with Crippen molar-refractivity contribution in [3.8, 4) is 0 Å². The number of aromatic nitrogens is 7. The average Bonchev–Trinajstić information content (AvgIpc) is 3.29. The Morgan fingerprint density at radius 2 is 2.03 bits per heavy atom. The van der Waals surface area contributed by atoms with Gasteiger partial charge in [-0.1, -0.05) is 40.2 Å². The van der Waals surface area contributed by atoms with Crippen molar-refractivity contribution in [2.45, 2.75) is 37.9 Å². The number of hydrogen-bond acceptors (Lipinski definition) is 7. The van der Waals surface area contributed by atoms with Crippen LogP contribution in [0.1, 0.15) is 41.6 Å². The number of rotatable bonds is 4. The van der Waals surface area contributed by atoms with Gasteiger partial charge in [0.1, 0.15) is 18.5 Å². The standard InChI is InChI=1S/C19H18FN7O2/c1-11-3-5-13(6-4-11)19(20)7-12(8-19)16-22-14(29-24-16)9-27-10-21-17-15(18(27)28)26(2)25-23-17/h3-6,10,12H,7-9H2,1-2H3. The Morgan fingerprint density at radius 3 is 2.79 bits per heavy atom. The number of alkyl halides is 1. The van der Waals surface area contributed by atoms with Gasteiger partial charge in [0.05, 0.1) is 0 Å². The lowest BCUT2D eigenvalue weighted by Gasteiger charge is -2.40. The third-order valence-corrected chi connectivity index (χ3v) is 5.46. The van der Waals surface area contributed by atoms with E-state index in [2.05, 4.69) is 25.4 Å². The molecule has 10 heteroatoms. The van der Waals surface area contributed by atoms with Gasteiger partial charge in [-0.3, -0.25) is 9.36 Å². The molecule has 1 fully saturated rings. The summed E-state index contributed by atoms with van der Waals surface area (Å²) in [5.41, 5.74) is 0.696. The van der Waals surface area contributed by atoms with Gasteiger partial charge < -0.3 is 4.52 Å². The smallest absolute Gasteiger partial charge is 0.281 e. The molecule has 1 aliphatic rings. The molecular formula is C19H18FN7O2. The van der Waals surface area contributed by atoms with Crippen LogP contribution in [0.2, 0.25) is 0 Å². The number of aryl methyl sites for hydroxylation is 2. The zero-order chi connectivity index (χ0) is 20.2. The summed E-state index contributed by atoms with van der Waals surface area (Å²) in [6.45, 7) is 2.05. The van der Waals surface area contributed by atoms with E-state index < -0.39 is 5.67 Å². The molecule has 0 atom stereocenters. The summed E-state index contributed by atoms with van der Waals surface area (Å²) >= 11 is 0. The molecule has 5 rings (SSSR count). The van der Waals surface area contributed by atoms with Crippen LogP contribution in [-0.2, 0) is 19.3 Å². The summed E-state index contributed by atoms with van der Waals surface area (Å²) in [4.78, 5) is 21.0. The predicted molar refractivity (Wildman–Crippen MR) is 99.9 cm³/mol. The second-order valence-electron chi connectivity index (χ2n) is 7.55. The van der Waals surface area contributed by atoms with Crippen molar-refractivity contribution in [1.82, 2.24) is 34.7 Å². The SMILES string of the molecule is Cc1ccc(C2(F)CC(c3noc(Cn4cnc5nnn(C)c5c4=O)n3)C2)cc1. The molecule has 1 saturated carbocycles. The molecular weight excluding hydrogens is 377 g/mol. The van der Waals surface area contributed by atoms with Gasteiger partial charge in [0.25, 0.3) is 5.56 Å². The lowest BCUT2D eigenvalue weighted by Crippen LogP contribution is -2.36. The number of fused-ring (bicyclic) bond motifs is 1. The molecule has 0 unspecified atom stereocenters. The van der Waals surface area contributed by atoms with Gasteiger partial charge in [0, 0.05) is 13.0 Å². The van der Waals surface area contributed by atoms with E-state index in [-0.39, 0.29) is 29.6 Å². The average molecular weight is 395 g/mol. The maximum Gasteiger partial charge on any atom is 0.281 e. The van der Waals surface area contributed by atoms with E-state index in [9.17, 15) is 4.79 Å². The van der Waals surface area contributed by atoms with Crippen LogP contribution in [0.4, 0.5) is 4.39 Å². The summed E-state index contributed by atoms with van der Waals surface area (Å²) in [6.07, 6.45) is 1.99. The van der Waals surface area contributed by atoms with E-state index in [4.69, 9.17) is 4.52 Å². The molecule has 0 N–H and O–H groups in total. The largest absolute Gasteiger partial charge is 0.337 e. The van der Waals surface area contributed by atoms with Gasteiger partial charge in [-0.25, -0.2) is 14.1 Å². The first-order valence-corrected chi connectivity index (χ1v) is 9.26. The Bertz CT molecular complexity index is 1250. The van der Waals surface area contributed by atoms with Crippen LogP contribution in [0, 0.1) is 6.92 Å². The predicted octanol–water partition coefficient (Wildman–Crippen LogP) is 2.01. The van der Waals surface area contributed by atoms with Gasteiger partial charge in [0.15, 0.2) is 11.3 Å². The lowest BCUT2D eigenvalue weighted by atomic mass is 9.68. The first-order chi connectivity index (χ1) is 13.9. The maximum atomic E-state index is 15.1. The highest BCUT2D eigenvalue weighted by molar-refractivity contribution is 5.67. The van der Waals surface area contributed by atoms with Gasteiger partial charge in [-0.05, 0) is 25.3 Å². The lowest BCUT2D eigenvalue weighted by molar-refractivity contribution is 0.0336. The van der Waals surface area contributed by atoms with Crippen LogP contribution in [-0.4, -0.2) is 34.7 Å². The van der Waals surface area contributed by atoms with E-state index in [1.807, 2.05) is 31.2 Å². The van der Waals surface area contributed by atoms with Crippen molar-refractivity contribution >= 4 is 11.2 Å². The molecule has 148 valence electrons. The molecule has 3 heterocycles. The van der Waals surface area contributed by atoms with E-state index >= 15 is 4.39 Å². The van der Waals surface area contributed by atoms with Crippen LogP contribution in [0.25, 0.3) is 11.2 Å². The minimum absolute atomic E-state index is 0.0748. The normalized spacial score (nSPS) is 21.4. The summed E-state index contributed by atoms with van der Waals surface area (Å²) in [7, 11) is 1.63. The minimum atomic E-state index is -1.36. The van der Waals surface area contributed by atoms with Crippen LogP contribution in [0.3, 0.4) is 0 Å². The molecule has 0 saturated heterocycles. The summed E-state index contributed by atoms with van der Waals surface area (Å²) < 4.78 is 23.1. The Hall–Kier alpha value is -3.43. The van der Waals surface area contributed by atoms with Gasteiger partial charge in [-0.15, -0.1) is 5.10 Å². The van der Waals surface area contributed by atoms with Gasteiger partial charge in [-0.2, -0.15) is 4.98 Å². The van der Waals surface area contributed by atoms with Crippen molar-refractivity contribution in [3.05, 3.63) is 63.8 Å². The Kier molecular flexibility index (Phi) is 3.83. The Labute approximate surface area is 164 Å². The molecule has 1 aliphatic carbocycles. The molecule has 0 bridgehead atoms. The van der Waals surface area contributed by atoms with Crippen molar-refractivity contribution in [1.29, 1.82) is 0 Å². The zero-order valence-electron chi connectivity index (χ0n) is 15.9. The fourth-order valence-corrected chi connectivity index (χ4v) is 3.73. The van der Waals surface area contributed by atoms with Crippen LogP contribution in [0.15, 0.2) is 39.9 Å². The van der Waals surface area contributed by atoms with Crippen LogP contribution >= 0.6 is 0 Å². The molecule has 0 amide bonds.